The smallest absolute Gasteiger partial charge is 0.410 e. The van der Waals surface area contributed by atoms with Gasteiger partial charge in [-0.15, -0.1) is 0 Å². The van der Waals surface area contributed by atoms with Gasteiger partial charge in [0, 0.05) is 19.6 Å². The fourth-order valence-electron chi connectivity index (χ4n) is 2.46. The summed E-state index contributed by atoms with van der Waals surface area (Å²) in [5, 5.41) is 3.02. The van der Waals surface area contributed by atoms with Gasteiger partial charge in [-0.2, -0.15) is 0 Å². The molecule has 0 radical (unpaired) electrons. The van der Waals surface area contributed by atoms with Crippen molar-refractivity contribution in [1.82, 2.24) is 15.1 Å². The highest BCUT2D eigenvalue weighted by Crippen LogP contribution is 2.23. The largest absolute Gasteiger partial charge is 0.444 e. The maximum absolute atomic E-state index is 12.0. The molecular formula is C13H23N3O3. The first-order chi connectivity index (χ1) is 8.81. The van der Waals surface area contributed by atoms with Gasteiger partial charge in [-0.25, -0.2) is 4.79 Å². The summed E-state index contributed by atoms with van der Waals surface area (Å²) in [6.07, 6.45) is 0.554. The number of carbonyl (C=O) groups excluding carboxylic acids is 2. The van der Waals surface area contributed by atoms with E-state index in [1.165, 1.54) is 0 Å². The molecule has 0 aromatic rings. The molecule has 2 aliphatic heterocycles. The van der Waals surface area contributed by atoms with Crippen molar-refractivity contribution >= 4 is 12.0 Å². The molecule has 0 aliphatic carbocycles. The number of nitrogens with zero attached hydrogens (tertiary/aromatic N) is 2. The summed E-state index contributed by atoms with van der Waals surface area (Å²) in [4.78, 5) is 27.3. The number of likely N-dealkylation sites (tertiary alicyclic amines) is 2. The first-order valence-corrected chi connectivity index (χ1v) is 6.77. The summed E-state index contributed by atoms with van der Waals surface area (Å²) in [5.74, 6) is 0.149. The highest BCUT2D eigenvalue weighted by atomic mass is 16.6. The summed E-state index contributed by atoms with van der Waals surface area (Å²) in [6, 6.07) is 0.0916. The molecule has 2 amide bonds. The van der Waals surface area contributed by atoms with Crippen LogP contribution in [0.3, 0.4) is 0 Å². The molecule has 0 aromatic heterocycles. The zero-order chi connectivity index (χ0) is 14.2. The summed E-state index contributed by atoms with van der Waals surface area (Å²) in [7, 11) is 1.81. The average Bonchev–Trinajstić information content (AvgIpc) is 2.55. The molecule has 0 spiro atoms. The number of likely N-dealkylation sites (N-methyl/N-ethyl adjacent to an activating group) is 1. The third-order valence-electron chi connectivity index (χ3n) is 3.54. The quantitative estimate of drug-likeness (QED) is 0.789. The zero-order valence-corrected chi connectivity index (χ0v) is 12.1. The summed E-state index contributed by atoms with van der Waals surface area (Å²) >= 11 is 0. The fraction of sp³-hybridized carbons (Fsp3) is 0.846. The van der Waals surface area contributed by atoms with E-state index in [1.807, 2.05) is 25.7 Å². The van der Waals surface area contributed by atoms with E-state index in [1.54, 1.807) is 11.9 Å². The molecule has 1 N–H and O–H groups in total. The van der Waals surface area contributed by atoms with E-state index in [-0.39, 0.29) is 24.1 Å². The molecule has 6 nitrogen and oxygen atoms in total. The van der Waals surface area contributed by atoms with E-state index in [0.717, 1.165) is 13.0 Å². The molecule has 1 atom stereocenters. The summed E-state index contributed by atoms with van der Waals surface area (Å²) in [6.45, 7) is 7.49. The van der Waals surface area contributed by atoms with Crippen LogP contribution >= 0.6 is 0 Å². The predicted octanol–water partition coefficient (Wildman–Crippen LogP) is 0.426. The lowest BCUT2D eigenvalue weighted by atomic mass is 10.1. The van der Waals surface area contributed by atoms with E-state index >= 15 is 0 Å². The lowest BCUT2D eigenvalue weighted by Gasteiger charge is -2.44. The van der Waals surface area contributed by atoms with Crippen molar-refractivity contribution in [2.24, 2.45) is 0 Å². The number of amides is 2. The van der Waals surface area contributed by atoms with Gasteiger partial charge in [-0.1, -0.05) is 0 Å². The Hall–Kier alpha value is -1.30. The molecule has 0 bridgehead atoms. The number of ether oxygens (including phenoxy) is 1. The van der Waals surface area contributed by atoms with Gasteiger partial charge in [-0.05, 0) is 34.2 Å². The third-order valence-corrected chi connectivity index (χ3v) is 3.54. The average molecular weight is 269 g/mol. The van der Waals surface area contributed by atoms with Crippen LogP contribution in [-0.4, -0.2) is 66.2 Å². The lowest BCUT2D eigenvalue weighted by molar-refractivity contribution is -0.134. The lowest BCUT2D eigenvalue weighted by Crippen LogP contribution is -2.62. The fourth-order valence-corrected chi connectivity index (χ4v) is 2.46. The van der Waals surface area contributed by atoms with Crippen molar-refractivity contribution in [3.05, 3.63) is 0 Å². The van der Waals surface area contributed by atoms with Crippen LogP contribution in [0.2, 0.25) is 0 Å². The highest BCUT2D eigenvalue weighted by molar-refractivity contribution is 5.84. The second-order valence-electron chi connectivity index (χ2n) is 6.20. The number of nitrogens with one attached hydrogen (secondary N) is 1. The Morgan fingerprint density at radius 2 is 2.00 bits per heavy atom. The second kappa shape index (κ2) is 5.00. The molecule has 6 heteroatoms. The Kier molecular flexibility index (Phi) is 3.71. The van der Waals surface area contributed by atoms with Gasteiger partial charge in [-0.3, -0.25) is 4.79 Å². The van der Waals surface area contributed by atoms with Crippen molar-refractivity contribution in [1.29, 1.82) is 0 Å². The number of hydrogen-bond acceptors (Lipinski definition) is 4. The molecule has 2 aliphatic rings. The Morgan fingerprint density at radius 1 is 1.37 bits per heavy atom. The van der Waals surface area contributed by atoms with Gasteiger partial charge in [0.05, 0.1) is 12.1 Å². The van der Waals surface area contributed by atoms with Gasteiger partial charge in [0.2, 0.25) is 5.91 Å². The molecule has 0 saturated carbocycles. The molecule has 2 fully saturated rings. The highest BCUT2D eigenvalue weighted by Gasteiger charge is 2.42. The number of rotatable bonds is 2. The predicted molar refractivity (Wildman–Crippen MR) is 70.8 cm³/mol. The minimum Gasteiger partial charge on any atom is -0.444 e. The van der Waals surface area contributed by atoms with Crippen LogP contribution in [0.5, 0.6) is 0 Å². The van der Waals surface area contributed by atoms with E-state index < -0.39 is 5.60 Å². The van der Waals surface area contributed by atoms with Crippen LogP contribution in [0.15, 0.2) is 0 Å². The van der Waals surface area contributed by atoms with Crippen LogP contribution in [-0.2, 0) is 9.53 Å². The topological polar surface area (TPSA) is 61.9 Å². The second-order valence-corrected chi connectivity index (χ2v) is 6.20. The minimum absolute atomic E-state index is 0.0597. The summed E-state index contributed by atoms with van der Waals surface area (Å²) < 4.78 is 5.29. The van der Waals surface area contributed by atoms with Crippen molar-refractivity contribution in [2.75, 3.05) is 26.7 Å². The molecular weight excluding hydrogens is 246 g/mol. The molecule has 0 aromatic carbocycles. The van der Waals surface area contributed by atoms with Crippen LogP contribution in [0.25, 0.3) is 0 Å². The van der Waals surface area contributed by atoms with Gasteiger partial charge in [0.15, 0.2) is 0 Å². The Bertz CT molecular complexity index is 372. The first-order valence-electron chi connectivity index (χ1n) is 6.77. The third kappa shape index (κ3) is 3.00. The molecule has 108 valence electrons. The molecule has 1 unspecified atom stereocenters. The summed E-state index contributed by atoms with van der Waals surface area (Å²) in [5.41, 5.74) is -0.469. The van der Waals surface area contributed by atoms with Gasteiger partial charge in [0.25, 0.3) is 0 Å². The molecule has 19 heavy (non-hydrogen) atoms. The standard InChI is InChI=1S/C13H23N3O3/c1-13(2,3)19-12(18)15-7-9(8-15)16-6-5-10(14-4)11(16)17/h9-10,14H,5-8H2,1-4H3. The van der Waals surface area contributed by atoms with Gasteiger partial charge < -0.3 is 19.9 Å². The Balaban J connectivity index is 1.81. The monoisotopic (exact) mass is 269 g/mol. The normalized spacial score (nSPS) is 24.6. The molecule has 2 saturated heterocycles. The SMILES string of the molecule is CNC1CCN(C2CN(C(=O)OC(C)(C)C)C2)C1=O. The van der Waals surface area contributed by atoms with Crippen molar-refractivity contribution < 1.29 is 14.3 Å². The van der Waals surface area contributed by atoms with Gasteiger partial charge >= 0.3 is 6.09 Å². The van der Waals surface area contributed by atoms with Crippen molar-refractivity contribution in [2.45, 2.75) is 44.9 Å². The maximum Gasteiger partial charge on any atom is 0.410 e. The zero-order valence-electron chi connectivity index (χ0n) is 12.1. The van der Waals surface area contributed by atoms with Crippen LogP contribution in [0, 0.1) is 0 Å². The van der Waals surface area contributed by atoms with Crippen LogP contribution in [0.1, 0.15) is 27.2 Å². The maximum atomic E-state index is 12.0. The van der Waals surface area contributed by atoms with Crippen molar-refractivity contribution in [3.8, 4) is 0 Å². The van der Waals surface area contributed by atoms with E-state index in [2.05, 4.69) is 5.32 Å². The van der Waals surface area contributed by atoms with Gasteiger partial charge in [0.1, 0.15) is 5.60 Å². The number of carbonyl (C=O) groups is 2. The van der Waals surface area contributed by atoms with E-state index in [0.29, 0.717) is 13.1 Å². The van der Waals surface area contributed by atoms with E-state index in [9.17, 15) is 9.59 Å². The Morgan fingerprint density at radius 3 is 2.47 bits per heavy atom. The van der Waals surface area contributed by atoms with Crippen molar-refractivity contribution in [3.63, 3.8) is 0 Å². The minimum atomic E-state index is -0.469. The molecule has 2 rings (SSSR count). The van der Waals surface area contributed by atoms with Crippen LogP contribution < -0.4 is 5.32 Å². The first kappa shape index (κ1) is 14.1. The number of hydrogen-bond donors (Lipinski definition) is 1. The Labute approximate surface area is 114 Å². The molecule has 2 heterocycles. The van der Waals surface area contributed by atoms with Crippen LogP contribution in [0.4, 0.5) is 4.79 Å². The van der Waals surface area contributed by atoms with E-state index in [4.69, 9.17) is 4.74 Å².